The standard InChI is InChI=1S/C27H30FN5O4/c1-18-5-6-20(15-24(18)28)30-27(35)31-21-7-8-25(29-17-21)32-9-4-10-33(12-11-32)26(34)19-13-22(36-2)16-23(14-19)37-3/h5-8,13-17H,4,9-12H2,1-3H3,(H2,30,31,35). The number of urea groups is 1. The summed E-state index contributed by atoms with van der Waals surface area (Å²) in [7, 11) is 3.11. The van der Waals surface area contributed by atoms with Gasteiger partial charge in [-0.3, -0.25) is 4.79 Å². The van der Waals surface area contributed by atoms with Crippen LogP contribution in [0.3, 0.4) is 0 Å². The Bertz CT molecular complexity index is 1250. The highest BCUT2D eigenvalue weighted by atomic mass is 19.1. The van der Waals surface area contributed by atoms with E-state index >= 15 is 0 Å². The van der Waals surface area contributed by atoms with Gasteiger partial charge >= 0.3 is 6.03 Å². The molecule has 0 radical (unpaired) electrons. The van der Waals surface area contributed by atoms with E-state index in [9.17, 15) is 14.0 Å². The van der Waals surface area contributed by atoms with Gasteiger partial charge in [0.15, 0.2) is 0 Å². The maximum absolute atomic E-state index is 13.7. The molecule has 1 saturated heterocycles. The molecule has 0 unspecified atom stereocenters. The van der Waals surface area contributed by atoms with Crippen LogP contribution in [-0.4, -0.2) is 62.2 Å². The van der Waals surface area contributed by atoms with Gasteiger partial charge in [-0.15, -0.1) is 0 Å². The molecule has 0 aliphatic carbocycles. The number of ether oxygens (including phenoxy) is 2. The molecule has 2 heterocycles. The van der Waals surface area contributed by atoms with Crippen LogP contribution in [0.1, 0.15) is 22.3 Å². The van der Waals surface area contributed by atoms with Crippen molar-refractivity contribution in [1.29, 1.82) is 0 Å². The Morgan fingerprint density at radius 2 is 1.59 bits per heavy atom. The molecular weight excluding hydrogens is 477 g/mol. The van der Waals surface area contributed by atoms with E-state index in [4.69, 9.17) is 9.47 Å². The molecule has 2 aromatic carbocycles. The summed E-state index contributed by atoms with van der Waals surface area (Å²) < 4.78 is 24.3. The quantitative estimate of drug-likeness (QED) is 0.509. The molecule has 37 heavy (non-hydrogen) atoms. The monoisotopic (exact) mass is 507 g/mol. The molecule has 4 rings (SSSR count). The Hall–Kier alpha value is -4.34. The largest absolute Gasteiger partial charge is 0.497 e. The SMILES string of the molecule is COc1cc(OC)cc(C(=O)N2CCCN(c3ccc(NC(=O)Nc4ccc(C)c(F)c4)cn3)CC2)c1. The molecule has 3 aromatic rings. The zero-order valence-corrected chi connectivity index (χ0v) is 21.1. The third kappa shape index (κ3) is 6.46. The molecule has 1 aliphatic rings. The minimum atomic E-state index is -0.490. The smallest absolute Gasteiger partial charge is 0.323 e. The maximum Gasteiger partial charge on any atom is 0.323 e. The van der Waals surface area contributed by atoms with Gasteiger partial charge in [0, 0.05) is 43.5 Å². The lowest BCUT2D eigenvalue weighted by Crippen LogP contribution is -2.35. The summed E-state index contributed by atoms with van der Waals surface area (Å²) in [4.78, 5) is 33.9. The first kappa shape index (κ1) is 25.7. The summed E-state index contributed by atoms with van der Waals surface area (Å²) in [5.74, 6) is 1.42. The molecule has 1 fully saturated rings. The van der Waals surface area contributed by atoms with Crippen molar-refractivity contribution in [1.82, 2.24) is 9.88 Å². The van der Waals surface area contributed by atoms with Crippen molar-refractivity contribution in [3.8, 4) is 11.5 Å². The number of benzene rings is 2. The first-order chi connectivity index (χ1) is 17.9. The first-order valence-electron chi connectivity index (χ1n) is 11.9. The van der Waals surface area contributed by atoms with Crippen molar-refractivity contribution in [2.24, 2.45) is 0 Å². The van der Waals surface area contributed by atoms with Crippen molar-refractivity contribution in [2.45, 2.75) is 13.3 Å². The molecular formula is C27H30FN5O4. The molecule has 194 valence electrons. The fourth-order valence-electron chi connectivity index (χ4n) is 4.07. The third-order valence-corrected chi connectivity index (χ3v) is 6.14. The van der Waals surface area contributed by atoms with E-state index in [1.54, 1.807) is 63.7 Å². The minimum Gasteiger partial charge on any atom is -0.497 e. The van der Waals surface area contributed by atoms with Crippen molar-refractivity contribution in [3.05, 3.63) is 71.7 Å². The second-order valence-corrected chi connectivity index (χ2v) is 8.68. The number of amides is 3. The molecule has 9 nitrogen and oxygen atoms in total. The van der Waals surface area contributed by atoms with E-state index < -0.39 is 6.03 Å². The number of nitrogens with zero attached hydrogens (tertiary/aromatic N) is 3. The van der Waals surface area contributed by atoms with Crippen LogP contribution in [0.4, 0.5) is 26.4 Å². The number of aromatic nitrogens is 1. The first-order valence-corrected chi connectivity index (χ1v) is 11.9. The maximum atomic E-state index is 13.7. The Morgan fingerprint density at radius 3 is 2.24 bits per heavy atom. The van der Waals surface area contributed by atoms with Crippen LogP contribution < -0.4 is 25.0 Å². The normalized spacial score (nSPS) is 13.5. The van der Waals surface area contributed by atoms with Crippen molar-refractivity contribution < 1.29 is 23.5 Å². The average Bonchev–Trinajstić information content (AvgIpc) is 3.17. The number of pyridine rings is 1. The number of aryl methyl sites for hydroxylation is 1. The van der Waals surface area contributed by atoms with Gasteiger partial charge in [-0.2, -0.15) is 0 Å². The average molecular weight is 508 g/mol. The minimum absolute atomic E-state index is 0.0778. The van der Waals surface area contributed by atoms with Gasteiger partial charge in [0.2, 0.25) is 0 Å². The number of hydrogen-bond donors (Lipinski definition) is 2. The highest BCUT2D eigenvalue weighted by Gasteiger charge is 2.22. The van der Waals surface area contributed by atoms with Gasteiger partial charge in [0.25, 0.3) is 5.91 Å². The van der Waals surface area contributed by atoms with Crippen molar-refractivity contribution in [3.63, 3.8) is 0 Å². The fraction of sp³-hybridized carbons (Fsp3) is 0.296. The summed E-state index contributed by atoms with van der Waals surface area (Å²) in [6, 6.07) is 12.8. The van der Waals surface area contributed by atoms with E-state index in [-0.39, 0.29) is 11.7 Å². The number of anilines is 3. The summed E-state index contributed by atoms with van der Waals surface area (Å²) in [6.07, 6.45) is 2.35. The highest BCUT2D eigenvalue weighted by Crippen LogP contribution is 2.24. The zero-order chi connectivity index (χ0) is 26.4. The Morgan fingerprint density at radius 1 is 0.892 bits per heavy atom. The van der Waals surface area contributed by atoms with Crippen LogP contribution in [0, 0.1) is 12.7 Å². The fourth-order valence-corrected chi connectivity index (χ4v) is 4.07. The van der Waals surface area contributed by atoms with E-state index in [2.05, 4.69) is 20.5 Å². The van der Waals surface area contributed by atoms with E-state index in [0.717, 1.165) is 18.8 Å². The van der Waals surface area contributed by atoms with Gasteiger partial charge in [-0.05, 0) is 55.3 Å². The summed E-state index contributed by atoms with van der Waals surface area (Å²) >= 11 is 0. The van der Waals surface area contributed by atoms with Gasteiger partial charge in [-0.25, -0.2) is 14.2 Å². The molecule has 3 amide bonds. The van der Waals surface area contributed by atoms with Crippen LogP contribution in [0.5, 0.6) is 11.5 Å². The molecule has 1 aromatic heterocycles. The van der Waals surface area contributed by atoms with E-state index in [0.29, 0.717) is 53.6 Å². The molecule has 0 bridgehead atoms. The van der Waals surface area contributed by atoms with E-state index in [1.807, 2.05) is 11.0 Å². The lowest BCUT2D eigenvalue weighted by Gasteiger charge is -2.23. The molecule has 10 heteroatoms. The van der Waals surface area contributed by atoms with Crippen molar-refractivity contribution in [2.75, 3.05) is 55.9 Å². The van der Waals surface area contributed by atoms with Gasteiger partial charge in [-0.1, -0.05) is 6.07 Å². The number of carbonyl (C=O) groups is 2. The Labute approximate surface area is 215 Å². The third-order valence-electron chi connectivity index (χ3n) is 6.14. The Balaban J connectivity index is 1.34. The van der Waals surface area contributed by atoms with Crippen LogP contribution in [0.2, 0.25) is 0 Å². The topological polar surface area (TPSA) is 96.0 Å². The molecule has 0 saturated carbocycles. The van der Waals surface area contributed by atoms with E-state index in [1.165, 1.54) is 6.07 Å². The molecule has 1 aliphatic heterocycles. The second-order valence-electron chi connectivity index (χ2n) is 8.68. The van der Waals surface area contributed by atoms with Gasteiger partial charge < -0.3 is 29.9 Å². The highest BCUT2D eigenvalue weighted by molar-refractivity contribution is 5.99. The van der Waals surface area contributed by atoms with Crippen LogP contribution in [0.25, 0.3) is 0 Å². The summed E-state index contributed by atoms with van der Waals surface area (Å²) in [5, 5.41) is 5.31. The van der Waals surface area contributed by atoms with Crippen LogP contribution in [-0.2, 0) is 0 Å². The number of nitrogens with one attached hydrogen (secondary N) is 2. The second kappa shape index (κ2) is 11.6. The summed E-state index contributed by atoms with van der Waals surface area (Å²) in [6.45, 7) is 4.17. The van der Waals surface area contributed by atoms with Crippen LogP contribution in [0.15, 0.2) is 54.7 Å². The molecule has 0 spiro atoms. The van der Waals surface area contributed by atoms with Gasteiger partial charge in [0.1, 0.15) is 23.1 Å². The number of hydrogen-bond acceptors (Lipinski definition) is 6. The number of halogens is 1. The zero-order valence-electron chi connectivity index (χ0n) is 21.1. The molecule has 2 N–H and O–H groups in total. The number of carbonyl (C=O) groups excluding carboxylic acids is 2. The molecule has 0 atom stereocenters. The summed E-state index contributed by atoms with van der Waals surface area (Å²) in [5.41, 5.74) is 1.89. The number of methoxy groups -OCH3 is 2. The van der Waals surface area contributed by atoms with Crippen molar-refractivity contribution >= 4 is 29.1 Å². The predicted octanol–water partition coefficient (Wildman–Crippen LogP) is 4.54. The van der Waals surface area contributed by atoms with Crippen LogP contribution >= 0.6 is 0 Å². The predicted molar refractivity (Wildman–Crippen MR) is 140 cm³/mol. The van der Waals surface area contributed by atoms with Gasteiger partial charge in [0.05, 0.1) is 26.1 Å². The number of rotatable bonds is 6. The lowest BCUT2D eigenvalue weighted by atomic mass is 10.1. The Kier molecular flexibility index (Phi) is 8.07. The lowest BCUT2D eigenvalue weighted by molar-refractivity contribution is 0.0766.